The van der Waals surface area contributed by atoms with Gasteiger partial charge in [0.25, 0.3) is 0 Å². The van der Waals surface area contributed by atoms with Gasteiger partial charge in [0.1, 0.15) is 22.4 Å². The summed E-state index contributed by atoms with van der Waals surface area (Å²) in [4.78, 5) is 70.1. The van der Waals surface area contributed by atoms with Crippen molar-refractivity contribution in [3.8, 4) is 0 Å². The molecule has 9 fully saturated rings. The molecule has 9 rings (SSSR count). The predicted molar refractivity (Wildman–Crippen MR) is 245 cm³/mol. The van der Waals surface area contributed by atoms with E-state index in [1.54, 1.807) is 34.6 Å². The Labute approximate surface area is 377 Å². The summed E-state index contributed by atoms with van der Waals surface area (Å²) in [5, 5.41) is 11.5. The average molecular weight is 881 g/mol. The van der Waals surface area contributed by atoms with Crippen LogP contribution in [0.5, 0.6) is 0 Å². The van der Waals surface area contributed by atoms with Crippen LogP contribution in [0.4, 0.5) is 0 Å². The molecule has 11 nitrogen and oxygen atoms in total. The van der Waals surface area contributed by atoms with Gasteiger partial charge < -0.3 is 28.8 Å². The molecule has 7 unspecified atom stereocenters. The van der Waals surface area contributed by atoms with Gasteiger partial charge >= 0.3 is 29.8 Å². The third kappa shape index (κ3) is 10.9. The van der Waals surface area contributed by atoms with Gasteiger partial charge in [-0.25, -0.2) is 4.79 Å². The zero-order valence-corrected chi connectivity index (χ0v) is 35.7. The molecule has 1 aliphatic heterocycles. The van der Waals surface area contributed by atoms with Crippen LogP contribution in [0.2, 0.25) is 0 Å². The van der Waals surface area contributed by atoms with Gasteiger partial charge in [-0.15, -0.1) is 0 Å². The van der Waals surface area contributed by atoms with Crippen molar-refractivity contribution in [2.45, 2.75) is 251 Å². The normalized spacial score (nSPS) is 36.1. The third-order valence-electron chi connectivity index (χ3n) is 14.9. The van der Waals surface area contributed by atoms with Gasteiger partial charge in [-0.2, -0.15) is 0 Å². The van der Waals surface area contributed by atoms with Crippen molar-refractivity contribution in [2.75, 3.05) is 0 Å². The van der Waals surface area contributed by atoms with E-state index in [1.165, 1.54) is 0 Å². The van der Waals surface area contributed by atoms with Gasteiger partial charge in [0.05, 0.1) is 27.3 Å². The lowest BCUT2D eigenvalue weighted by molar-refractivity contribution is -0.230. The van der Waals surface area contributed by atoms with Crippen LogP contribution in [-0.4, -0.2) is 69.1 Å². The van der Waals surface area contributed by atoms with Crippen LogP contribution < -0.4 is 0 Å². The van der Waals surface area contributed by atoms with Gasteiger partial charge in [0.15, 0.2) is 0 Å². The summed E-state index contributed by atoms with van der Waals surface area (Å²) in [6, 6.07) is 0. The Balaban J connectivity index is 0.00000320. The van der Waals surface area contributed by atoms with Crippen molar-refractivity contribution in [1.29, 1.82) is 0 Å². The van der Waals surface area contributed by atoms with Crippen LogP contribution in [0.15, 0.2) is 0 Å². The Bertz CT molecular complexity index is 1630. The van der Waals surface area contributed by atoms with Gasteiger partial charge in [0, 0.05) is 19.3 Å². The average Bonchev–Trinajstić information content (AvgIpc) is 3.27. The van der Waals surface area contributed by atoms with Crippen LogP contribution >= 0.6 is 0 Å². The second kappa shape index (κ2) is 18.3. The number of hydrogen-bond acceptors (Lipinski definition) is 11. The lowest BCUT2D eigenvalue weighted by Crippen LogP contribution is -2.61. The highest BCUT2D eigenvalue weighted by Crippen LogP contribution is 2.64. The number of carbonyl (C=O) groups excluding carboxylic acids is 5. The number of carbonyl (C=O) groups is 5. The van der Waals surface area contributed by atoms with Crippen LogP contribution in [0.1, 0.15) is 217 Å². The molecule has 7 atom stereocenters. The molecule has 362 valence electrons. The fraction of sp³-hybridized carbons (Fsp3) is 0.902. The summed E-state index contributed by atoms with van der Waals surface area (Å²) < 4.78 is 30.5. The Morgan fingerprint density at radius 1 is 0.645 bits per heavy atom. The van der Waals surface area contributed by atoms with E-state index in [4.69, 9.17) is 23.7 Å². The van der Waals surface area contributed by atoms with Crippen molar-refractivity contribution in [2.24, 2.45) is 45.3 Å². The first kappa shape index (κ1) is 57.3. The molecule has 0 spiro atoms. The standard InChI is InChI=1S/C45H68O11.6CH4/c1-11-40(9,34(48)55-44-18-27-12-28(19-44)15-42(14-27,25-44)36(50)54-37(2,3)4)24-41(10,23-38(5,6)33(47)52-31-22-39(7,8)53-32(31)46)35(49)56-45-20-29-13-30(21-45)17-43(51,16-29)26-45;;;;;;/h27-31,51H,11-26H2,1-10H3;6*1H4. The SMILES string of the molecule is C.C.C.C.C.C.CCC(C)(CC(C)(CC(C)(C)C(=O)OC1CC(C)(C)OC1=O)C(=O)OC12CC3CC(CC(O)(C3)C1)C2)C(=O)OC12CC3CC(C1)CC(C(=O)OC(C)(C)C)(C3)C2. The molecule has 9 aliphatic rings. The Hall–Kier alpha value is -2.69. The Morgan fingerprint density at radius 2 is 1.10 bits per heavy atom. The Morgan fingerprint density at radius 3 is 1.52 bits per heavy atom. The zero-order valence-electron chi connectivity index (χ0n) is 35.7. The monoisotopic (exact) mass is 881 g/mol. The molecule has 0 aromatic heterocycles. The highest BCUT2D eigenvalue weighted by molar-refractivity contribution is 5.85. The number of ether oxygens (including phenoxy) is 5. The van der Waals surface area contributed by atoms with Crippen LogP contribution in [-0.2, 0) is 47.7 Å². The number of esters is 5. The summed E-state index contributed by atoms with van der Waals surface area (Å²) in [5.74, 6) is -1.28. The maximum Gasteiger partial charge on any atom is 0.348 e. The van der Waals surface area contributed by atoms with Gasteiger partial charge in [0.2, 0.25) is 6.10 Å². The third-order valence-corrected chi connectivity index (χ3v) is 14.9. The largest absolute Gasteiger partial charge is 0.460 e. The minimum Gasteiger partial charge on any atom is -0.460 e. The maximum atomic E-state index is 15.0. The number of hydrogen-bond donors (Lipinski definition) is 1. The molecule has 0 aromatic rings. The van der Waals surface area contributed by atoms with E-state index in [9.17, 15) is 29.1 Å². The summed E-state index contributed by atoms with van der Waals surface area (Å²) >= 11 is 0. The summed E-state index contributed by atoms with van der Waals surface area (Å²) in [7, 11) is 0. The van der Waals surface area contributed by atoms with Crippen molar-refractivity contribution < 1.29 is 52.8 Å². The van der Waals surface area contributed by atoms with Crippen LogP contribution in [0, 0.1) is 45.3 Å². The second-order valence-electron chi connectivity index (χ2n) is 23.1. The van der Waals surface area contributed by atoms with Crippen LogP contribution in [0.3, 0.4) is 0 Å². The molecule has 1 N–H and O–H groups in total. The number of rotatable bonds is 12. The summed E-state index contributed by atoms with van der Waals surface area (Å²) in [6.07, 6.45) is 8.11. The first-order valence-corrected chi connectivity index (χ1v) is 21.5. The molecular weight excluding hydrogens is 789 g/mol. The molecule has 8 saturated carbocycles. The highest BCUT2D eigenvalue weighted by Gasteiger charge is 2.65. The van der Waals surface area contributed by atoms with E-state index in [0.29, 0.717) is 44.9 Å². The molecule has 0 radical (unpaired) electrons. The minimum absolute atomic E-state index is 0. The quantitative estimate of drug-likeness (QED) is 0.147. The van der Waals surface area contributed by atoms with Crippen molar-refractivity contribution in [1.82, 2.24) is 0 Å². The summed E-state index contributed by atoms with van der Waals surface area (Å²) in [5.41, 5.74) is -8.34. The first-order chi connectivity index (χ1) is 25.6. The topological polar surface area (TPSA) is 152 Å². The van der Waals surface area contributed by atoms with Gasteiger partial charge in [-0.05, 0) is 169 Å². The van der Waals surface area contributed by atoms with Gasteiger partial charge in [-0.3, -0.25) is 19.2 Å². The fourth-order valence-corrected chi connectivity index (χ4v) is 13.6. The lowest BCUT2D eigenvalue weighted by Gasteiger charge is -2.60. The molecule has 0 aromatic carbocycles. The van der Waals surface area contributed by atoms with E-state index in [-0.39, 0.29) is 93.5 Å². The van der Waals surface area contributed by atoms with Crippen molar-refractivity contribution in [3.05, 3.63) is 0 Å². The Kier molecular flexibility index (Phi) is 16.9. The van der Waals surface area contributed by atoms with Crippen molar-refractivity contribution in [3.63, 3.8) is 0 Å². The number of aliphatic hydroxyl groups is 1. The predicted octanol–water partition coefficient (Wildman–Crippen LogP) is 11.5. The number of cyclic esters (lactones) is 1. The molecule has 8 aliphatic carbocycles. The van der Waals surface area contributed by atoms with E-state index in [0.717, 1.165) is 38.5 Å². The fourth-order valence-electron chi connectivity index (χ4n) is 13.6. The zero-order chi connectivity index (χ0) is 41.1. The second-order valence-corrected chi connectivity index (χ2v) is 23.1. The lowest BCUT2D eigenvalue weighted by atomic mass is 9.47. The highest BCUT2D eigenvalue weighted by atomic mass is 16.6. The molecule has 0 amide bonds. The van der Waals surface area contributed by atoms with Gasteiger partial charge in [-0.1, -0.05) is 51.5 Å². The molecule has 62 heavy (non-hydrogen) atoms. The molecule has 1 saturated heterocycles. The molecule has 8 bridgehead atoms. The van der Waals surface area contributed by atoms with E-state index in [2.05, 4.69) is 0 Å². The van der Waals surface area contributed by atoms with E-state index < -0.39 is 79.6 Å². The van der Waals surface area contributed by atoms with E-state index >= 15 is 0 Å². The smallest absolute Gasteiger partial charge is 0.348 e. The minimum atomic E-state index is -1.37. The molecular formula is C51H92O11. The van der Waals surface area contributed by atoms with E-state index in [1.807, 2.05) is 34.6 Å². The van der Waals surface area contributed by atoms with Crippen LogP contribution in [0.25, 0.3) is 0 Å². The molecule has 11 heteroatoms. The summed E-state index contributed by atoms with van der Waals surface area (Å²) in [6.45, 7) is 18.1. The first-order valence-electron chi connectivity index (χ1n) is 21.5. The molecule has 1 heterocycles. The maximum absolute atomic E-state index is 15.0. The van der Waals surface area contributed by atoms with Crippen molar-refractivity contribution >= 4 is 29.8 Å².